The summed E-state index contributed by atoms with van der Waals surface area (Å²) in [5.41, 5.74) is 1.65. The number of aryl methyl sites for hydroxylation is 1. The molecule has 1 atom stereocenters. The lowest BCUT2D eigenvalue weighted by Gasteiger charge is -2.22. The number of halogens is 3. The molecule has 0 saturated carbocycles. The molecule has 1 aliphatic rings. The first kappa shape index (κ1) is 18.3. The number of nitrogens with one attached hydrogen (secondary N) is 1. The molecule has 1 N–H and O–H groups in total. The molecule has 3 rings (SSSR count). The van der Waals surface area contributed by atoms with Crippen LogP contribution in [0.15, 0.2) is 42.5 Å². The lowest BCUT2D eigenvalue weighted by atomic mass is 9.91. The van der Waals surface area contributed by atoms with Crippen molar-refractivity contribution in [2.75, 3.05) is 5.32 Å². The Morgan fingerprint density at radius 3 is 2.62 bits per heavy atom. The van der Waals surface area contributed by atoms with Crippen LogP contribution in [-0.2, 0) is 23.8 Å². The molecule has 3 nitrogen and oxygen atoms in total. The van der Waals surface area contributed by atoms with Crippen molar-refractivity contribution in [3.63, 3.8) is 0 Å². The number of anilines is 1. The topological polar surface area (TPSA) is 38.3 Å². The van der Waals surface area contributed by atoms with Crippen LogP contribution < -0.4 is 10.1 Å². The zero-order chi connectivity index (χ0) is 18.7. The minimum Gasteiger partial charge on any atom is -0.481 e. The fourth-order valence-electron chi connectivity index (χ4n) is 3.12. The average molecular weight is 363 g/mol. The van der Waals surface area contributed by atoms with E-state index >= 15 is 0 Å². The summed E-state index contributed by atoms with van der Waals surface area (Å²) in [5.74, 6) is 0.187. The predicted molar refractivity (Wildman–Crippen MR) is 93.2 cm³/mol. The zero-order valence-electron chi connectivity index (χ0n) is 14.4. The Bertz CT molecular complexity index is 802. The van der Waals surface area contributed by atoms with Crippen molar-refractivity contribution in [3.05, 3.63) is 59.2 Å². The molecule has 0 bridgehead atoms. The number of carbonyl (C=O) groups excluding carboxylic acids is 1. The summed E-state index contributed by atoms with van der Waals surface area (Å²) in [5, 5.41) is 2.49. The maximum atomic E-state index is 12.8. The van der Waals surface area contributed by atoms with E-state index in [1.165, 1.54) is 17.7 Å². The van der Waals surface area contributed by atoms with Gasteiger partial charge in [0.15, 0.2) is 6.10 Å². The van der Waals surface area contributed by atoms with Crippen molar-refractivity contribution in [1.29, 1.82) is 0 Å². The van der Waals surface area contributed by atoms with Gasteiger partial charge < -0.3 is 10.1 Å². The van der Waals surface area contributed by atoms with E-state index in [4.69, 9.17) is 4.74 Å². The fraction of sp³-hybridized carbons (Fsp3) is 0.350. The van der Waals surface area contributed by atoms with E-state index in [0.717, 1.165) is 43.4 Å². The van der Waals surface area contributed by atoms with E-state index in [9.17, 15) is 18.0 Å². The van der Waals surface area contributed by atoms with Crippen LogP contribution in [-0.4, -0.2) is 12.0 Å². The van der Waals surface area contributed by atoms with Gasteiger partial charge in [0.05, 0.1) is 5.56 Å². The number of fused-ring (bicyclic) bond motifs is 1. The summed E-state index contributed by atoms with van der Waals surface area (Å²) in [7, 11) is 0. The summed E-state index contributed by atoms with van der Waals surface area (Å²) in [6.45, 7) is 1.59. The second-order valence-electron chi connectivity index (χ2n) is 6.43. The highest BCUT2D eigenvalue weighted by Gasteiger charge is 2.30. The van der Waals surface area contributed by atoms with Gasteiger partial charge >= 0.3 is 6.18 Å². The molecule has 0 heterocycles. The first-order valence-corrected chi connectivity index (χ1v) is 8.60. The van der Waals surface area contributed by atoms with Crippen molar-refractivity contribution in [2.45, 2.75) is 44.9 Å². The van der Waals surface area contributed by atoms with Crippen LogP contribution in [0.4, 0.5) is 18.9 Å². The first-order valence-electron chi connectivity index (χ1n) is 8.60. The van der Waals surface area contributed by atoms with Gasteiger partial charge in [-0.15, -0.1) is 0 Å². The van der Waals surface area contributed by atoms with Gasteiger partial charge in [0, 0.05) is 5.69 Å². The monoisotopic (exact) mass is 363 g/mol. The molecule has 1 aliphatic carbocycles. The molecule has 2 aromatic carbocycles. The number of alkyl halides is 3. The molecule has 138 valence electrons. The molecular weight excluding hydrogens is 343 g/mol. The highest BCUT2D eigenvalue weighted by molar-refractivity contribution is 5.94. The van der Waals surface area contributed by atoms with Gasteiger partial charge in [-0.3, -0.25) is 4.79 Å². The maximum absolute atomic E-state index is 12.8. The van der Waals surface area contributed by atoms with E-state index in [1.54, 1.807) is 6.92 Å². The molecule has 0 fully saturated rings. The van der Waals surface area contributed by atoms with Gasteiger partial charge in [-0.05, 0) is 68.0 Å². The molecule has 0 aromatic heterocycles. The number of hydrogen-bond acceptors (Lipinski definition) is 2. The first-order chi connectivity index (χ1) is 12.3. The molecular formula is C20H20F3NO2. The van der Waals surface area contributed by atoms with Crippen molar-refractivity contribution in [2.24, 2.45) is 0 Å². The van der Waals surface area contributed by atoms with Gasteiger partial charge in [-0.1, -0.05) is 18.2 Å². The predicted octanol–water partition coefficient (Wildman–Crippen LogP) is 4.99. The van der Waals surface area contributed by atoms with Crippen LogP contribution in [0.1, 0.15) is 36.5 Å². The number of carbonyl (C=O) groups is 1. The van der Waals surface area contributed by atoms with E-state index in [0.29, 0.717) is 5.75 Å². The minimum absolute atomic E-state index is 0.0929. The van der Waals surface area contributed by atoms with Crippen molar-refractivity contribution in [1.82, 2.24) is 0 Å². The molecule has 0 spiro atoms. The number of rotatable bonds is 4. The Labute approximate surface area is 150 Å². The number of ether oxygens (including phenoxy) is 1. The van der Waals surface area contributed by atoms with Gasteiger partial charge in [0.2, 0.25) is 0 Å². The second kappa shape index (κ2) is 7.40. The molecule has 0 aliphatic heterocycles. The lowest BCUT2D eigenvalue weighted by molar-refractivity contribution is -0.137. The Kier molecular flexibility index (Phi) is 5.20. The van der Waals surface area contributed by atoms with Crippen molar-refractivity contribution >= 4 is 11.6 Å². The molecule has 26 heavy (non-hydrogen) atoms. The highest BCUT2D eigenvalue weighted by Crippen LogP contribution is 2.32. The second-order valence-corrected chi connectivity index (χ2v) is 6.43. The Morgan fingerprint density at radius 1 is 1.12 bits per heavy atom. The molecule has 2 aromatic rings. The Hall–Kier alpha value is -2.50. The number of amides is 1. The summed E-state index contributed by atoms with van der Waals surface area (Å²) < 4.78 is 44.1. The normalized spacial score (nSPS) is 15.1. The smallest absolute Gasteiger partial charge is 0.416 e. The average Bonchev–Trinajstić information content (AvgIpc) is 2.61. The van der Waals surface area contributed by atoms with Crippen LogP contribution in [0.2, 0.25) is 0 Å². The maximum Gasteiger partial charge on any atom is 0.416 e. The van der Waals surface area contributed by atoms with Crippen molar-refractivity contribution in [3.8, 4) is 5.75 Å². The third-order valence-electron chi connectivity index (χ3n) is 4.48. The zero-order valence-corrected chi connectivity index (χ0v) is 14.4. The van der Waals surface area contributed by atoms with Crippen LogP contribution in [0.25, 0.3) is 0 Å². The summed E-state index contributed by atoms with van der Waals surface area (Å²) in [6, 6.07) is 10.4. The molecule has 0 unspecified atom stereocenters. The third-order valence-corrected chi connectivity index (χ3v) is 4.48. The number of benzene rings is 2. The molecule has 0 radical (unpaired) electrons. The quantitative estimate of drug-likeness (QED) is 0.831. The Morgan fingerprint density at radius 2 is 1.85 bits per heavy atom. The van der Waals surface area contributed by atoms with E-state index in [2.05, 4.69) is 11.4 Å². The number of hydrogen-bond donors (Lipinski definition) is 1. The lowest BCUT2D eigenvalue weighted by Crippen LogP contribution is -2.30. The highest BCUT2D eigenvalue weighted by atomic mass is 19.4. The van der Waals surface area contributed by atoms with E-state index in [1.807, 2.05) is 12.1 Å². The third kappa shape index (κ3) is 4.18. The van der Waals surface area contributed by atoms with E-state index in [-0.39, 0.29) is 5.69 Å². The van der Waals surface area contributed by atoms with Crippen LogP contribution >= 0.6 is 0 Å². The van der Waals surface area contributed by atoms with Crippen molar-refractivity contribution < 1.29 is 22.7 Å². The minimum atomic E-state index is -4.45. The van der Waals surface area contributed by atoms with Crippen LogP contribution in [0.3, 0.4) is 0 Å². The standard InChI is InChI=1S/C20H20F3NO2/c1-13(26-18-11-4-7-14-6-2-3-10-17(14)18)19(25)24-16-9-5-8-15(12-16)20(21,22)23/h4-5,7-9,11-13H,2-3,6,10H2,1H3,(H,24,25)/t13-/m0/s1. The summed E-state index contributed by atoms with van der Waals surface area (Å²) >= 11 is 0. The van der Waals surface area contributed by atoms with Crippen LogP contribution in [0.5, 0.6) is 5.75 Å². The molecule has 6 heteroatoms. The van der Waals surface area contributed by atoms with Gasteiger partial charge in [-0.25, -0.2) is 0 Å². The SMILES string of the molecule is C[C@H](Oc1cccc2c1CCCC2)C(=O)Nc1cccc(C(F)(F)F)c1. The molecule has 1 amide bonds. The molecule has 0 saturated heterocycles. The van der Waals surface area contributed by atoms with E-state index < -0.39 is 23.8 Å². The summed E-state index contributed by atoms with van der Waals surface area (Å²) in [6.07, 6.45) is -1.14. The largest absolute Gasteiger partial charge is 0.481 e. The Balaban J connectivity index is 1.69. The van der Waals surface area contributed by atoms with Gasteiger partial charge in [0.25, 0.3) is 5.91 Å². The van der Waals surface area contributed by atoms with Gasteiger partial charge in [0.1, 0.15) is 5.75 Å². The van der Waals surface area contributed by atoms with Gasteiger partial charge in [-0.2, -0.15) is 13.2 Å². The fourth-order valence-corrected chi connectivity index (χ4v) is 3.12. The summed E-state index contributed by atoms with van der Waals surface area (Å²) in [4.78, 5) is 12.3. The van der Waals surface area contributed by atoms with Crippen LogP contribution in [0, 0.1) is 0 Å².